The van der Waals surface area contributed by atoms with Crippen LogP contribution in [0.5, 0.6) is 0 Å². The average molecular weight is 299 g/mol. The lowest BCUT2D eigenvalue weighted by atomic mass is 9.93. The summed E-state index contributed by atoms with van der Waals surface area (Å²) in [6, 6.07) is 2.94. The molecule has 2 rings (SSSR count). The number of rotatable bonds is 5. The molecule has 1 fully saturated rings. The predicted octanol–water partition coefficient (Wildman–Crippen LogP) is 1.10. The molecule has 0 radical (unpaired) electrons. The third-order valence-corrected chi connectivity index (χ3v) is 4.88. The first-order valence-corrected chi connectivity index (χ1v) is 8.42. The van der Waals surface area contributed by atoms with Crippen LogP contribution < -0.4 is 10.0 Å². The normalized spacial score (nSPS) is 23.5. The van der Waals surface area contributed by atoms with Gasteiger partial charge in [0.15, 0.2) is 5.03 Å². The summed E-state index contributed by atoms with van der Waals surface area (Å²) >= 11 is 0. The second-order valence-corrected chi connectivity index (χ2v) is 6.60. The SMILES string of the molecule is CCNc1cccnc1S(=O)(=O)NC1CCCCC1O. The van der Waals surface area contributed by atoms with Gasteiger partial charge in [0, 0.05) is 18.8 Å². The van der Waals surface area contributed by atoms with Crippen molar-refractivity contribution in [2.75, 3.05) is 11.9 Å². The zero-order valence-corrected chi connectivity index (χ0v) is 12.4. The molecule has 20 heavy (non-hydrogen) atoms. The smallest absolute Gasteiger partial charge is 0.260 e. The molecule has 6 nitrogen and oxygen atoms in total. The Kier molecular flexibility index (Phi) is 4.95. The molecule has 2 unspecified atom stereocenters. The van der Waals surface area contributed by atoms with Crippen LogP contribution >= 0.6 is 0 Å². The van der Waals surface area contributed by atoms with Gasteiger partial charge in [-0.1, -0.05) is 12.8 Å². The molecule has 1 aromatic heterocycles. The second-order valence-electron chi connectivity index (χ2n) is 4.97. The number of aliphatic hydroxyl groups is 1. The van der Waals surface area contributed by atoms with Gasteiger partial charge in [0.25, 0.3) is 10.0 Å². The van der Waals surface area contributed by atoms with E-state index in [1.807, 2.05) is 6.92 Å². The number of pyridine rings is 1. The molecule has 0 aliphatic heterocycles. The first kappa shape index (κ1) is 15.2. The van der Waals surface area contributed by atoms with E-state index in [2.05, 4.69) is 15.0 Å². The summed E-state index contributed by atoms with van der Waals surface area (Å²) < 4.78 is 27.4. The van der Waals surface area contributed by atoms with Crippen LogP contribution in [0.2, 0.25) is 0 Å². The second kappa shape index (κ2) is 6.51. The van der Waals surface area contributed by atoms with E-state index in [9.17, 15) is 13.5 Å². The van der Waals surface area contributed by atoms with Gasteiger partial charge in [-0.15, -0.1) is 0 Å². The quantitative estimate of drug-likeness (QED) is 0.757. The van der Waals surface area contributed by atoms with Gasteiger partial charge in [-0.05, 0) is 31.9 Å². The Morgan fingerprint density at radius 1 is 1.40 bits per heavy atom. The summed E-state index contributed by atoms with van der Waals surface area (Å²) in [4.78, 5) is 3.96. The molecule has 0 aromatic carbocycles. The van der Waals surface area contributed by atoms with Crippen LogP contribution in [0.4, 0.5) is 5.69 Å². The average Bonchev–Trinajstić information content (AvgIpc) is 2.42. The zero-order valence-electron chi connectivity index (χ0n) is 11.5. The number of sulfonamides is 1. The highest BCUT2D eigenvalue weighted by atomic mass is 32.2. The Bertz CT molecular complexity index is 548. The molecule has 7 heteroatoms. The molecule has 2 atom stereocenters. The van der Waals surface area contributed by atoms with E-state index in [1.54, 1.807) is 12.1 Å². The van der Waals surface area contributed by atoms with Crippen molar-refractivity contribution in [1.82, 2.24) is 9.71 Å². The van der Waals surface area contributed by atoms with Crippen LogP contribution in [0.15, 0.2) is 23.4 Å². The molecule has 3 N–H and O–H groups in total. The van der Waals surface area contributed by atoms with Crippen molar-refractivity contribution in [2.24, 2.45) is 0 Å². The zero-order chi connectivity index (χ0) is 14.6. The van der Waals surface area contributed by atoms with Crippen molar-refractivity contribution in [3.63, 3.8) is 0 Å². The Labute approximate surface area is 119 Å². The number of aliphatic hydroxyl groups excluding tert-OH is 1. The lowest BCUT2D eigenvalue weighted by molar-refractivity contribution is 0.101. The number of hydrogen-bond donors (Lipinski definition) is 3. The highest BCUT2D eigenvalue weighted by Gasteiger charge is 2.29. The third kappa shape index (κ3) is 3.47. The summed E-state index contributed by atoms with van der Waals surface area (Å²) in [6.07, 6.45) is 3.98. The minimum absolute atomic E-state index is 0.0142. The molecule has 0 amide bonds. The van der Waals surface area contributed by atoms with Crippen molar-refractivity contribution in [3.8, 4) is 0 Å². The minimum Gasteiger partial charge on any atom is -0.391 e. The summed E-state index contributed by atoms with van der Waals surface area (Å²) in [5.41, 5.74) is 0.479. The van der Waals surface area contributed by atoms with E-state index >= 15 is 0 Å². The van der Waals surface area contributed by atoms with Gasteiger partial charge in [0.05, 0.1) is 11.8 Å². The number of nitrogens with zero attached hydrogens (tertiary/aromatic N) is 1. The fourth-order valence-electron chi connectivity index (χ4n) is 2.43. The molecular formula is C13H21N3O3S. The maximum absolute atomic E-state index is 12.4. The van der Waals surface area contributed by atoms with E-state index in [1.165, 1.54) is 6.20 Å². The Hall–Kier alpha value is -1.18. The van der Waals surface area contributed by atoms with E-state index in [4.69, 9.17) is 0 Å². The lowest BCUT2D eigenvalue weighted by Gasteiger charge is -2.28. The van der Waals surface area contributed by atoms with Crippen LogP contribution in [-0.4, -0.2) is 37.2 Å². The maximum atomic E-state index is 12.4. The number of hydrogen-bond acceptors (Lipinski definition) is 5. The fraction of sp³-hybridized carbons (Fsp3) is 0.615. The fourth-order valence-corrected chi connectivity index (χ4v) is 3.85. The predicted molar refractivity (Wildman–Crippen MR) is 77.0 cm³/mol. The largest absolute Gasteiger partial charge is 0.391 e. The lowest BCUT2D eigenvalue weighted by Crippen LogP contribution is -2.45. The van der Waals surface area contributed by atoms with Gasteiger partial charge in [-0.25, -0.2) is 18.1 Å². The number of anilines is 1. The maximum Gasteiger partial charge on any atom is 0.260 e. The van der Waals surface area contributed by atoms with Crippen LogP contribution in [-0.2, 0) is 10.0 Å². The Balaban J connectivity index is 2.21. The first-order chi connectivity index (χ1) is 9.54. The van der Waals surface area contributed by atoms with Crippen molar-refractivity contribution in [3.05, 3.63) is 18.3 Å². The monoisotopic (exact) mass is 299 g/mol. The van der Waals surface area contributed by atoms with Gasteiger partial charge in [-0.2, -0.15) is 0 Å². The molecule has 0 spiro atoms. The third-order valence-electron chi connectivity index (χ3n) is 3.43. The molecule has 1 aliphatic rings. The van der Waals surface area contributed by atoms with Crippen LogP contribution in [0.3, 0.4) is 0 Å². The highest BCUT2D eigenvalue weighted by Crippen LogP contribution is 2.22. The number of nitrogens with one attached hydrogen (secondary N) is 2. The highest BCUT2D eigenvalue weighted by molar-refractivity contribution is 7.89. The standard InChI is InChI=1S/C13H21N3O3S/c1-2-14-11-7-5-9-15-13(11)20(18,19)16-10-6-3-4-8-12(10)17/h5,7,9-10,12,14,16-17H,2-4,6,8H2,1H3. The summed E-state index contributed by atoms with van der Waals surface area (Å²) in [7, 11) is -3.73. The number of aromatic nitrogens is 1. The first-order valence-electron chi connectivity index (χ1n) is 6.94. The minimum atomic E-state index is -3.73. The van der Waals surface area contributed by atoms with Gasteiger partial charge < -0.3 is 10.4 Å². The molecule has 1 aliphatic carbocycles. The van der Waals surface area contributed by atoms with Crippen LogP contribution in [0.1, 0.15) is 32.6 Å². The van der Waals surface area contributed by atoms with Crippen molar-refractivity contribution in [2.45, 2.75) is 49.8 Å². The van der Waals surface area contributed by atoms with Crippen molar-refractivity contribution < 1.29 is 13.5 Å². The summed E-state index contributed by atoms with van der Waals surface area (Å²) in [5.74, 6) is 0. The molecule has 1 heterocycles. The topological polar surface area (TPSA) is 91.3 Å². The summed E-state index contributed by atoms with van der Waals surface area (Å²) in [6.45, 7) is 2.50. The van der Waals surface area contributed by atoms with Crippen LogP contribution in [0, 0.1) is 0 Å². The Morgan fingerprint density at radius 3 is 2.85 bits per heavy atom. The molecule has 1 saturated carbocycles. The van der Waals surface area contributed by atoms with Gasteiger partial charge in [-0.3, -0.25) is 0 Å². The molecular weight excluding hydrogens is 278 g/mol. The van der Waals surface area contributed by atoms with E-state index in [0.717, 1.165) is 12.8 Å². The molecule has 0 bridgehead atoms. The van der Waals surface area contributed by atoms with Crippen molar-refractivity contribution >= 4 is 15.7 Å². The van der Waals surface area contributed by atoms with Crippen molar-refractivity contribution in [1.29, 1.82) is 0 Å². The Morgan fingerprint density at radius 2 is 2.15 bits per heavy atom. The molecule has 112 valence electrons. The van der Waals surface area contributed by atoms with Gasteiger partial charge in [0.2, 0.25) is 0 Å². The van der Waals surface area contributed by atoms with E-state index in [-0.39, 0.29) is 5.03 Å². The van der Waals surface area contributed by atoms with Crippen LogP contribution in [0.25, 0.3) is 0 Å². The van der Waals surface area contributed by atoms with E-state index in [0.29, 0.717) is 25.1 Å². The van der Waals surface area contributed by atoms with E-state index < -0.39 is 22.2 Å². The van der Waals surface area contributed by atoms with Gasteiger partial charge >= 0.3 is 0 Å². The van der Waals surface area contributed by atoms with Gasteiger partial charge in [0.1, 0.15) is 0 Å². The summed E-state index contributed by atoms with van der Waals surface area (Å²) in [5, 5.41) is 12.9. The molecule has 1 aromatic rings. The molecule has 0 saturated heterocycles.